The van der Waals surface area contributed by atoms with Crippen molar-refractivity contribution < 1.29 is 22.7 Å². The molecule has 27 heavy (non-hydrogen) atoms. The summed E-state index contributed by atoms with van der Waals surface area (Å²) < 4.78 is 35.0. The van der Waals surface area contributed by atoms with Gasteiger partial charge < -0.3 is 14.4 Å². The van der Waals surface area contributed by atoms with Crippen LogP contribution >= 0.6 is 11.8 Å². The summed E-state index contributed by atoms with van der Waals surface area (Å²) in [7, 11) is -3.12. The van der Waals surface area contributed by atoms with E-state index in [9.17, 15) is 13.2 Å². The van der Waals surface area contributed by atoms with E-state index in [1.807, 2.05) is 43.9 Å². The lowest BCUT2D eigenvalue weighted by atomic mass is 9.92. The second kappa shape index (κ2) is 6.41. The van der Waals surface area contributed by atoms with E-state index in [-0.39, 0.29) is 36.2 Å². The molecule has 1 saturated heterocycles. The van der Waals surface area contributed by atoms with Crippen molar-refractivity contribution in [2.24, 2.45) is 10.4 Å². The van der Waals surface area contributed by atoms with Gasteiger partial charge in [-0.15, -0.1) is 0 Å². The molecule has 0 aromatic heterocycles. The molecule has 0 amide bonds. The summed E-state index contributed by atoms with van der Waals surface area (Å²) in [6.45, 7) is 5.85. The van der Waals surface area contributed by atoms with Gasteiger partial charge in [-0.1, -0.05) is 32.5 Å². The molecule has 2 atom stereocenters. The molecule has 7 nitrogen and oxygen atoms in total. The number of benzene rings is 1. The highest BCUT2D eigenvalue weighted by atomic mass is 32.2. The molecule has 0 bridgehead atoms. The van der Waals surface area contributed by atoms with Crippen LogP contribution in [0.3, 0.4) is 0 Å². The fraction of sp³-hybridized carbons (Fsp3) is 0.556. The number of Topliss-reactive ketones (excluding diaryl/α,β-unsaturated/α-hetero) is 1. The summed E-state index contributed by atoms with van der Waals surface area (Å²) in [5, 5.41) is 0.691. The number of hydrogen-bond donors (Lipinski definition) is 0. The van der Waals surface area contributed by atoms with E-state index in [1.165, 1.54) is 11.8 Å². The number of aliphatic imine (C=N–C) groups is 1. The first kappa shape index (κ1) is 18.6. The maximum Gasteiger partial charge on any atom is 0.231 e. The van der Waals surface area contributed by atoms with Gasteiger partial charge in [0.1, 0.15) is 5.78 Å². The van der Waals surface area contributed by atoms with E-state index in [4.69, 9.17) is 9.47 Å². The third-order valence-electron chi connectivity index (χ3n) is 4.91. The first-order chi connectivity index (χ1) is 12.6. The lowest BCUT2D eigenvalue weighted by Gasteiger charge is -2.27. The van der Waals surface area contributed by atoms with Gasteiger partial charge in [0, 0.05) is 17.2 Å². The van der Waals surface area contributed by atoms with Crippen LogP contribution in [-0.4, -0.2) is 55.5 Å². The molecule has 0 aliphatic carbocycles. The van der Waals surface area contributed by atoms with Gasteiger partial charge in [-0.05, 0) is 12.1 Å². The van der Waals surface area contributed by atoms with Crippen LogP contribution in [-0.2, 0) is 14.6 Å². The average Bonchev–Trinajstić information content (AvgIpc) is 3.22. The smallest absolute Gasteiger partial charge is 0.231 e. The predicted octanol–water partition coefficient (Wildman–Crippen LogP) is 2.11. The molecule has 9 heteroatoms. The monoisotopic (exact) mass is 410 g/mol. The van der Waals surface area contributed by atoms with E-state index in [0.717, 1.165) is 5.69 Å². The van der Waals surface area contributed by atoms with Crippen molar-refractivity contribution in [3.05, 3.63) is 18.2 Å². The minimum absolute atomic E-state index is 0.0516. The molecule has 4 rings (SSSR count). The highest BCUT2D eigenvalue weighted by Crippen LogP contribution is 2.40. The maximum absolute atomic E-state index is 12.3. The van der Waals surface area contributed by atoms with Gasteiger partial charge in [0.25, 0.3) is 0 Å². The third kappa shape index (κ3) is 3.54. The zero-order valence-electron chi connectivity index (χ0n) is 15.5. The average molecular weight is 411 g/mol. The number of ether oxygens (including phenoxy) is 2. The summed E-state index contributed by atoms with van der Waals surface area (Å²) in [4.78, 5) is 18.9. The normalized spacial score (nSPS) is 25.4. The summed E-state index contributed by atoms with van der Waals surface area (Å²) in [5.74, 6) is 1.85. The number of anilines is 1. The van der Waals surface area contributed by atoms with Gasteiger partial charge in [-0.25, -0.2) is 8.42 Å². The Morgan fingerprint density at radius 3 is 2.74 bits per heavy atom. The lowest BCUT2D eigenvalue weighted by molar-refractivity contribution is -0.123. The molecule has 1 aromatic carbocycles. The molecule has 0 N–H and O–H groups in total. The van der Waals surface area contributed by atoms with E-state index < -0.39 is 15.3 Å². The number of sulfone groups is 1. The van der Waals surface area contributed by atoms with Crippen LogP contribution in [0.1, 0.15) is 20.8 Å². The number of fused-ring (bicyclic) bond motifs is 2. The number of amidine groups is 1. The molecule has 3 aliphatic rings. The van der Waals surface area contributed by atoms with Crippen LogP contribution < -0.4 is 14.4 Å². The van der Waals surface area contributed by atoms with Crippen LogP contribution in [0.15, 0.2) is 23.2 Å². The van der Waals surface area contributed by atoms with Crippen molar-refractivity contribution in [2.75, 3.05) is 29.0 Å². The number of carbonyl (C=O) groups excluding carboxylic acids is 1. The number of ketones is 1. The van der Waals surface area contributed by atoms with Crippen LogP contribution in [0.5, 0.6) is 11.5 Å². The first-order valence-corrected chi connectivity index (χ1v) is 11.6. The Hall–Kier alpha value is -1.74. The van der Waals surface area contributed by atoms with Crippen LogP contribution in [0.2, 0.25) is 0 Å². The lowest BCUT2D eigenvalue weighted by Crippen LogP contribution is -2.39. The fourth-order valence-electron chi connectivity index (χ4n) is 3.32. The summed E-state index contributed by atoms with van der Waals surface area (Å²) >= 11 is 1.37. The van der Waals surface area contributed by atoms with E-state index >= 15 is 0 Å². The van der Waals surface area contributed by atoms with Crippen LogP contribution in [0, 0.1) is 5.41 Å². The van der Waals surface area contributed by atoms with Crippen molar-refractivity contribution in [1.82, 2.24) is 0 Å². The first-order valence-electron chi connectivity index (χ1n) is 8.77. The molecule has 0 spiro atoms. The molecule has 3 heterocycles. The molecular formula is C18H22N2O5S2. The largest absolute Gasteiger partial charge is 0.454 e. The second-order valence-electron chi connectivity index (χ2n) is 7.99. The fourth-order valence-corrected chi connectivity index (χ4v) is 6.44. The van der Waals surface area contributed by atoms with Gasteiger partial charge in [0.05, 0.1) is 29.3 Å². The number of rotatable bonds is 3. The molecule has 146 valence electrons. The highest BCUT2D eigenvalue weighted by molar-refractivity contribution is 8.14. The Morgan fingerprint density at radius 2 is 2.00 bits per heavy atom. The van der Waals surface area contributed by atoms with Gasteiger partial charge in [-0.2, -0.15) is 0 Å². The molecular weight excluding hydrogens is 388 g/mol. The number of hydrogen-bond acceptors (Lipinski definition) is 8. The molecule has 3 aliphatic heterocycles. The Balaban J connectivity index is 1.63. The summed E-state index contributed by atoms with van der Waals surface area (Å²) in [6, 6.07) is 4.99. The van der Waals surface area contributed by atoms with Gasteiger partial charge in [-0.3, -0.25) is 9.79 Å². The minimum Gasteiger partial charge on any atom is -0.454 e. The van der Waals surface area contributed by atoms with E-state index in [0.29, 0.717) is 22.4 Å². The third-order valence-corrected chi connectivity index (χ3v) is 7.58. The SMILES string of the molecule is CC(C)(C)C(=O)CSC1=N[C@H]2CS(=O)(=O)C[C@H]2N1c1ccc2c(c1)OCO2. The minimum atomic E-state index is -3.12. The van der Waals surface area contributed by atoms with Crippen LogP contribution in [0.25, 0.3) is 0 Å². The Kier molecular flexibility index (Phi) is 4.42. The Labute approximate surface area is 163 Å². The van der Waals surface area contributed by atoms with Crippen LogP contribution in [0.4, 0.5) is 5.69 Å². The van der Waals surface area contributed by atoms with E-state index in [1.54, 1.807) is 0 Å². The predicted molar refractivity (Wildman–Crippen MR) is 106 cm³/mol. The van der Waals surface area contributed by atoms with Gasteiger partial charge >= 0.3 is 0 Å². The molecule has 1 fully saturated rings. The van der Waals surface area contributed by atoms with Crippen molar-refractivity contribution in [1.29, 1.82) is 0 Å². The van der Waals surface area contributed by atoms with Crippen molar-refractivity contribution in [2.45, 2.75) is 32.9 Å². The molecule has 0 unspecified atom stereocenters. The number of thioether (sulfide) groups is 1. The highest BCUT2D eigenvalue weighted by Gasteiger charge is 2.47. The zero-order chi connectivity index (χ0) is 19.4. The molecule has 1 aromatic rings. The van der Waals surface area contributed by atoms with Gasteiger partial charge in [0.2, 0.25) is 6.79 Å². The summed E-state index contributed by atoms with van der Waals surface area (Å²) in [6.07, 6.45) is 0. The van der Waals surface area contributed by atoms with Crippen molar-refractivity contribution in [3.8, 4) is 11.5 Å². The standard InChI is InChI=1S/C18H22N2O5S2/c1-18(2,3)16(21)7-26-17-19-12-8-27(22,23)9-13(12)20(17)11-4-5-14-15(6-11)25-10-24-14/h4-6,12-13H,7-10H2,1-3H3/t12-,13+/m0/s1. The topological polar surface area (TPSA) is 85.3 Å². The summed E-state index contributed by atoms with van der Waals surface area (Å²) in [5.41, 5.74) is 0.382. The van der Waals surface area contributed by atoms with Crippen molar-refractivity contribution >= 4 is 38.2 Å². The number of carbonyl (C=O) groups is 1. The van der Waals surface area contributed by atoms with Crippen molar-refractivity contribution in [3.63, 3.8) is 0 Å². The number of nitrogens with zero attached hydrogens (tertiary/aromatic N) is 2. The Morgan fingerprint density at radius 1 is 1.26 bits per heavy atom. The zero-order valence-corrected chi connectivity index (χ0v) is 17.1. The van der Waals surface area contributed by atoms with E-state index in [2.05, 4.69) is 4.99 Å². The quantitative estimate of drug-likeness (QED) is 0.754. The second-order valence-corrected chi connectivity index (χ2v) is 11.1. The molecule has 0 radical (unpaired) electrons. The molecule has 0 saturated carbocycles. The van der Waals surface area contributed by atoms with Gasteiger partial charge in [0.15, 0.2) is 26.5 Å². The Bertz CT molecular complexity index is 920. The maximum atomic E-state index is 12.3.